The summed E-state index contributed by atoms with van der Waals surface area (Å²) in [4.78, 5) is 8.97. The molecule has 0 N–H and O–H groups in total. The molecular weight excluding hydrogens is 306 g/mol. The molecule has 0 unspecified atom stereocenters. The van der Waals surface area contributed by atoms with Gasteiger partial charge in [-0.3, -0.25) is 14.5 Å². The van der Waals surface area contributed by atoms with Crippen molar-refractivity contribution in [2.45, 2.75) is 13.1 Å². The van der Waals surface area contributed by atoms with Gasteiger partial charge in [0.2, 0.25) is 0 Å². The van der Waals surface area contributed by atoms with Gasteiger partial charge in [-0.2, -0.15) is 5.10 Å². The molecule has 0 spiro atoms. The maximum absolute atomic E-state index is 5.67. The second-order valence-electron chi connectivity index (χ2n) is 6.25. The summed E-state index contributed by atoms with van der Waals surface area (Å²) in [6.07, 6.45) is 3.36. The Hall–Kier alpha value is -2.12. The van der Waals surface area contributed by atoms with Crippen LogP contribution >= 0.6 is 0 Å². The molecular formula is C17H23N5O2. The van der Waals surface area contributed by atoms with Gasteiger partial charge >= 0.3 is 0 Å². The highest BCUT2D eigenvalue weighted by Gasteiger charge is 2.18. The van der Waals surface area contributed by atoms with E-state index in [1.807, 2.05) is 10.7 Å². The molecule has 1 saturated heterocycles. The molecule has 4 rings (SSSR count). The van der Waals surface area contributed by atoms with Gasteiger partial charge in [0.05, 0.1) is 6.54 Å². The van der Waals surface area contributed by atoms with E-state index in [4.69, 9.17) is 9.47 Å². The Bertz CT molecular complexity index is 653. The normalized spacial score (nSPS) is 18.7. The first-order valence-corrected chi connectivity index (χ1v) is 8.52. The number of hydrogen-bond acceptors (Lipinski definition) is 6. The summed E-state index contributed by atoms with van der Waals surface area (Å²) >= 11 is 0. The van der Waals surface area contributed by atoms with Crippen LogP contribution in [-0.2, 0) is 13.1 Å². The summed E-state index contributed by atoms with van der Waals surface area (Å²) in [5.74, 6) is 1.74. The Morgan fingerprint density at radius 1 is 0.917 bits per heavy atom. The van der Waals surface area contributed by atoms with Gasteiger partial charge in [-0.1, -0.05) is 6.07 Å². The number of ether oxygens (including phenoxy) is 2. The smallest absolute Gasteiger partial charge is 0.161 e. The zero-order valence-corrected chi connectivity index (χ0v) is 13.8. The lowest BCUT2D eigenvalue weighted by Gasteiger charge is -2.34. The Labute approximate surface area is 141 Å². The highest BCUT2D eigenvalue weighted by Crippen LogP contribution is 2.31. The molecule has 2 aliphatic rings. The van der Waals surface area contributed by atoms with Crippen molar-refractivity contribution < 1.29 is 9.47 Å². The average molecular weight is 329 g/mol. The van der Waals surface area contributed by atoms with E-state index >= 15 is 0 Å². The van der Waals surface area contributed by atoms with Crippen molar-refractivity contribution >= 4 is 0 Å². The molecule has 0 aliphatic carbocycles. The number of benzene rings is 1. The van der Waals surface area contributed by atoms with Crippen molar-refractivity contribution in [2.24, 2.45) is 0 Å². The van der Waals surface area contributed by atoms with Crippen LogP contribution in [0, 0.1) is 0 Å². The molecule has 1 aromatic carbocycles. The maximum Gasteiger partial charge on any atom is 0.161 e. The third-order valence-electron chi connectivity index (χ3n) is 4.59. The molecule has 2 aliphatic heterocycles. The topological polar surface area (TPSA) is 55.7 Å². The second-order valence-corrected chi connectivity index (χ2v) is 6.25. The second kappa shape index (κ2) is 7.19. The lowest BCUT2D eigenvalue weighted by molar-refractivity contribution is 0.122. The summed E-state index contributed by atoms with van der Waals surface area (Å²) in [6, 6.07) is 6.29. The van der Waals surface area contributed by atoms with Gasteiger partial charge in [-0.25, -0.2) is 4.98 Å². The molecule has 24 heavy (non-hydrogen) atoms. The zero-order chi connectivity index (χ0) is 16.2. The largest absolute Gasteiger partial charge is 0.486 e. The fraction of sp³-hybridized carbons (Fsp3) is 0.529. The van der Waals surface area contributed by atoms with E-state index in [0.717, 1.165) is 57.3 Å². The van der Waals surface area contributed by atoms with Crippen molar-refractivity contribution in [3.8, 4) is 11.5 Å². The molecule has 128 valence electrons. The first-order valence-electron chi connectivity index (χ1n) is 8.52. The van der Waals surface area contributed by atoms with E-state index in [9.17, 15) is 0 Å². The summed E-state index contributed by atoms with van der Waals surface area (Å²) in [5, 5.41) is 4.15. The van der Waals surface area contributed by atoms with Crippen molar-refractivity contribution in [3.05, 3.63) is 36.4 Å². The van der Waals surface area contributed by atoms with Crippen molar-refractivity contribution in [2.75, 3.05) is 45.9 Å². The van der Waals surface area contributed by atoms with Gasteiger partial charge in [0.25, 0.3) is 0 Å². The highest BCUT2D eigenvalue weighted by molar-refractivity contribution is 5.43. The van der Waals surface area contributed by atoms with E-state index in [2.05, 4.69) is 32.0 Å². The zero-order valence-electron chi connectivity index (χ0n) is 13.8. The summed E-state index contributed by atoms with van der Waals surface area (Å²) < 4.78 is 13.1. The van der Waals surface area contributed by atoms with Crippen LogP contribution in [0.3, 0.4) is 0 Å². The summed E-state index contributed by atoms with van der Waals surface area (Å²) in [5.41, 5.74) is 1.29. The summed E-state index contributed by atoms with van der Waals surface area (Å²) in [7, 11) is 0. The molecule has 0 bridgehead atoms. The van der Waals surface area contributed by atoms with Crippen LogP contribution in [0.2, 0.25) is 0 Å². The fourth-order valence-corrected chi connectivity index (χ4v) is 3.21. The molecule has 1 fully saturated rings. The van der Waals surface area contributed by atoms with Crippen LogP contribution in [-0.4, -0.2) is 70.5 Å². The predicted octanol–water partition coefficient (Wildman–Crippen LogP) is 0.867. The number of rotatable bonds is 5. The lowest BCUT2D eigenvalue weighted by Crippen LogP contribution is -2.46. The van der Waals surface area contributed by atoms with E-state index in [1.165, 1.54) is 5.56 Å². The van der Waals surface area contributed by atoms with Crippen LogP contribution in [0.25, 0.3) is 0 Å². The van der Waals surface area contributed by atoms with Gasteiger partial charge < -0.3 is 9.47 Å². The molecule has 0 radical (unpaired) electrons. The van der Waals surface area contributed by atoms with Crippen LogP contribution in [0.15, 0.2) is 30.9 Å². The minimum atomic E-state index is 0.640. The molecule has 3 heterocycles. The van der Waals surface area contributed by atoms with Gasteiger partial charge in [0, 0.05) is 39.3 Å². The molecule has 0 saturated carbocycles. The standard InChI is InChI=1S/C17H23N5O2/c1-2-16-17(24-10-9-23-16)11-15(1)12-21-5-3-20(4-6-21)7-8-22-14-18-13-19-22/h1-2,11,13-14H,3-10,12H2. The average Bonchev–Trinajstić information content (AvgIpc) is 3.15. The highest BCUT2D eigenvalue weighted by atomic mass is 16.6. The van der Waals surface area contributed by atoms with Crippen LogP contribution in [0.1, 0.15) is 5.56 Å². The number of fused-ring (bicyclic) bond motifs is 1. The van der Waals surface area contributed by atoms with Crippen LogP contribution in [0.5, 0.6) is 11.5 Å². The van der Waals surface area contributed by atoms with Gasteiger partial charge in [0.1, 0.15) is 25.9 Å². The first kappa shape index (κ1) is 15.4. The minimum absolute atomic E-state index is 0.640. The molecule has 1 aromatic heterocycles. The quantitative estimate of drug-likeness (QED) is 0.811. The third-order valence-corrected chi connectivity index (χ3v) is 4.59. The fourth-order valence-electron chi connectivity index (χ4n) is 3.21. The lowest BCUT2D eigenvalue weighted by atomic mass is 10.1. The molecule has 7 heteroatoms. The third kappa shape index (κ3) is 3.68. The van der Waals surface area contributed by atoms with Crippen molar-refractivity contribution in [1.29, 1.82) is 0 Å². The van der Waals surface area contributed by atoms with Crippen LogP contribution in [0.4, 0.5) is 0 Å². The molecule has 2 aromatic rings. The number of hydrogen-bond donors (Lipinski definition) is 0. The van der Waals surface area contributed by atoms with Gasteiger partial charge in [0.15, 0.2) is 11.5 Å². The monoisotopic (exact) mass is 329 g/mol. The summed E-state index contributed by atoms with van der Waals surface area (Å²) in [6.45, 7) is 8.55. The Morgan fingerprint density at radius 3 is 2.50 bits per heavy atom. The number of nitrogens with zero attached hydrogens (tertiary/aromatic N) is 5. The Balaban J connectivity index is 1.25. The van der Waals surface area contributed by atoms with E-state index in [1.54, 1.807) is 12.7 Å². The van der Waals surface area contributed by atoms with Gasteiger partial charge in [-0.15, -0.1) is 0 Å². The first-order chi connectivity index (χ1) is 11.9. The number of aromatic nitrogens is 3. The molecule has 0 amide bonds. The van der Waals surface area contributed by atoms with Gasteiger partial charge in [-0.05, 0) is 17.7 Å². The van der Waals surface area contributed by atoms with Crippen molar-refractivity contribution in [1.82, 2.24) is 24.6 Å². The minimum Gasteiger partial charge on any atom is -0.486 e. The SMILES string of the molecule is c1ncn(CCN2CCN(Cc3ccc4c(c3)OCCO4)CC2)n1. The number of piperazine rings is 1. The van der Waals surface area contributed by atoms with E-state index in [-0.39, 0.29) is 0 Å². The van der Waals surface area contributed by atoms with Crippen molar-refractivity contribution in [3.63, 3.8) is 0 Å². The molecule has 7 nitrogen and oxygen atoms in total. The predicted molar refractivity (Wildman–Crippen MR) is 89.2 cm³/mol. The maximum atomic E-state index is 5.67. The Kier molecular flexibility index (Phi) is 4.62. The van der Waals surface area contributed by atoms with Crippen LogP contribution < -0.4 is 9.47 Å². The Morgan fingerprint density at radius 2 is 1.71 bits per heavy atom. The van der Waals surface area contributed by atoms with E-state index in [0.29, 0.717) is 13.2 Å². The van der Waals surface area contributed by atoms with E-state index < -0.39 is 0 Å². The molecule has 0 atom stereocenters.